The van der Waals surface area contributed by atoms with E-state index >= 15 is 0 Å². The van der Waals surface area contributed by atoms with E-state index in [1.54, 1.807) is 0 Å². The molecule has 5 atom stereocenters. The van der Waals surface area contributed by atoms with E-state index in [1.807, 2.05) is 177 Å². The van der Waals surface area contributed by atoms with Gasteiger partial charge in [-0.05, 0) is 60.4 Å². The summed E-state index contributed by atoms with van der Waals surface area (Å²) in [6.45, 7) is 5.65. The summed E-state index contributed by atoms with van der Waals surface area (Å²) in [5, 5.41) is 3.41. The molecule has 0 amide bonds. The van der Waals surface area contributed by atoms with Crippen molar-refractivity contribution >= 4 is 17.4 Å². The molecule has 0 spiro atoms. The van der Waals surface area contributed by atoms with E-state index in [0.29, 0.717) is 19.8 Å². The minimum absolute atomic E-state index is 0.209. The Labute approximate surface area is 336 Å². The predicted octanol–water partition coefficient (Wildman–Crippen LogP) is 10.1. The molecule has 0 radical (unpaired) electrons. The Kier molecular flexibility index (Phi) is 14.3. The van der Waals surface area contributed by atoms with Crippen molar-refractivity contribution < 1.29 is 28.4 Å². The molecule has 57 heavy (non-hydrogen) atoms. The van der Waals surface area contributed by atoms with E-state index in [4.69, 9.17) is 33.4 Å². The van der Waals surface area contributed by atoms with Crippen molar-refractivity contribution in [1.82, 2.24) is 0 Å². The summed E-state index contributed by atoms with van der Waals surface area (Å²) in [4.78, 5) is 4.95. The summed E-state index contributed by atoms with van der Waals surface area (Å²) < 4.78 is 40.8. The van der Waals surface area contributed by atoms with Gasteiger partial charge in [0.2, 0.25) is 6.29 Å². The highest BCUT2D eigenvalue weighted by Crippen LogP contribution is 2.32. The van der Waals surface area contributed by atoms with Crippen LogP contribution in [0, 0.1) is 13.8 Å². The molecule has 0 aromatic heterocycles. The Morgan fingerprint density at radius 3 is 1.46 bits per heavy atom. The Balaban J connectivity index is 1.26. The third kappa shape index (κ3) is 11.9. The zero-order valence-electron chi connectivity index (χ0n) is 32.5. The van der Waals surface area contributed by atoms with E-state index in [-0.39, 0.29) is 19.2 Å². The number of aliphatic imine (C=N–C) groups is 1. The second-order valence-corrected chi connectivity index (χ2v) is 14.2. The summed E-state index contributed by atoms with van der Waals surface area (Å²) in [6, 6.07) is 56.6. The molecule has 1 heterocycles. The van der Waals surface area contributed by atoms with Gasteiger partial charge in [-0.1, -0.05) is 157 Å². The lowest BCUT2D eigenvalue weighted by atomic mass is 9.97. The van der Waals surface area contributed by atoms with Crippen molar-refractivity contribution in [2.24, 2.45) is 4.99 Å². The van der Waals surface area contributed by atoms with Crippen molar-refractivity contribution in [3.8, 4) is 0 Å². The van der Waals surface area contributed by atoms with Crippen LogP contribution in [-0.2, 0) is 54.8 Å². The summed E-state index contributed by atoms with van der Waals surface area (Å²) in [5.74, 6) is 0. The van der Waals surface area contributed by atoms with Gasteiger partial charge in [0.05, 0.1) is 38.7 Å². The number of amidine groups is 1. The molecule has 6 aromatic rings. The molecule has 1 fully saturated rings. The number of aryl methyl sites for hydroxylation is 2. The van der Waals surface area contributed by atoms with Gasteiger partial charge in [0.1, 0.15) is 24.4 Å². The highest BCUT2D eigenvalue weighted by Gasteiger charge is 2.50. The van der Waals surface area contributed by atoms with Crippen LogP contribution in [0.15, 0.2) is 175 Å². The number of anilines is 1. The largest absolute Gasteiger partial charge is 0.432 e. The fourth-order valence-corrected chi connectivity index (χ4v) is 6.53. The van der Waals surface area contributed by atoms with Gasteiger partial charge in [-0.25, -0.2) is 0 Å². The van der Waals surface area contributed by atoms with E-state index in [9.17, 15) is 0 Å². The minimum atomic E-state index is -0.987. The molecule has 7 rings (SSSR count). The van der Waals surface area contributed by atoms with E-state index < -0.39 is 30.7 Å². The first-order valence-electron chi connectivity index (χ1n) is 19.5. The van der Waals surface area contributed by atoms with E-state index in [0.717, 1.165) is 44.8 Å². The van der Waals surface area contributed by atoms with Gasteiger partial charge >= 0.3 is 0 Å². The maximum Gasteiger partial charge on any atom is 0.296 e. The second kappa shape index (κ2) is 20.5. The minimum Gasteiger partial charge on any atom is -0.432 e. The van der Waals surface area contributed by atoms with Gasteiger partial charge in [-0.2, -0.15) is 4.99 Å². The second-order valence-electron chi connectivity index (χ2n) is 14.2. The molecule has 0 saturated carbocycles. The zero-order chi connectivity index (χ0) is 39.1. The Morgan fingerprint density at radius 2 is 0.947 bits per heavy atom. The standard InChI is InChI=1S/C49H50N2O6/c1-36-23-27-42(28-24-36)50-49(51-43-29-25-37(2)26-30-43)57-48-47(55-34-41-21-13-6-14-22-41)46(54-33-40-19-11-5-12-20-40)45(53-32-39-17-9-4-10-18-39)44(56-48)35-52-31-38-15-7-3-8-16-38/h3-30,44-48H,31-35H2,1-2H3,(H,50,51)/t44-,45-,46+,47-,48?/m1/s1. The first kappa shape index (κ1) is 39.6. The van der Waals surface area contributed by atoms with E-state index in [2.05, 4.69) is 12.2 Å². The summed E-state index contributed by atoms with van der Waals surface area (Å²) in [5.41, 5.74) is 7.90. The molecular formula is C49H50N2O6. The third-order valence-electron chi connectivity index (χ3n) is 9.64. The summed E-state index contributed by atoms with van der Waals surface area (Å²) in [7, 11) is 0. The van der Waals surface area contributed by atoms with Crippen LogP contribution in [0.5, 0.6) is 0 Å². The SMILES string of the molecule is Cc1ccc(N=C(Nc2ccc(C)cc2)OC2O[C@H](COCc3ccccc3)[C@@H](OCc3ccccc3)[C@H](OCc3ccccc3)[C@H]2OCc2ccccc2)cc1. The molecule has 8 nitrogen and oxygen atoms in total. The number of rotatable bonds is 16. The van der Waals surface area contributed by atoms with Crippen LogP contribution in [0.4, 0.5) is 11.4 Å². The van der Waals surface area contributed by atoms with Crippen molar-refractivity contribution in [3.63, 3.8) is 0 Å². The highest BCUT2D eigenvalue weighted by atomic mass is 16.7. The number of ether oxygens (including phenoxy) is 6. The topological polar surface area (TPSA) is 79.8 Å². The van der Waals surface area contributed by atoms with Crippen LogP contribution in [0.25, 0.3) is 0 Å². The van der Waals surface area contributed by atoms with Crippen LogP contribution in [-0.4, -0.2) is 43.3 Å². The predicted molar refractivity (Wildman–Crippen MR) is 224 cm³/mol. The molecule has 1 aliphatic heterocycles. The smallest absolute Gasteiger partial charge is 0.296 e. The number of benzene rings is 6. The summed E-state index contributed by atoms with van der Waals surface area (Å²) >= 11 is 0. The highest BCUT2D eigenvalue weighted by molar-refractivity contribution is 5.91. The Hall–Kier alpha value is -5.61. The lowest BCUT2D eigenvalue weighted by molar-refractivity contribution is -0.313. The third-order valence-corrected chi connectivity index (χ3v) is 9.64. The molecule has 1 N–H and O–H groups in total. The molecule has 0 bridgehead atoms. The fourth-order valence-electron chi connectivity index (χ4n) is 6.53. The zero-order valence-corrected chi connectivity index (χ0v) is 32.5. The van der Waals surface area contributed by atoms with Crippen LogP contribution in [0.2, 0.25) is 0 Å². The number of nitrogens with zero attached hydrogens (tertiary/aromatic N) is 1. The van der Waals surface area contributed by atoms with Gasteiger partial charge in [0, 0.05) is 5.69 Å². The van der Waals surface area contributed by atoms with E-state index in [1.165, 1.54) is 0 Å². The van der Waals surface area contributed by atoms with Gasteiger partial charge in [-0.3, -0.25) is 0 Å². The molecule has 1 unspecified atom stereocenters. The quantitative estimate of drug-likeness (QED) is 0.0777. The molecule has 1 saturated heterocycles. The maximum atomic E-state index is 6.95. The first-order valence-corrected chi connectivity index (χ1v) is 19.5. The van der Waals surface area contributed by atoms with Gasteiger partial charge in [0.25, 0.3) is 6.02 Å². The van der Waals surface area contributed by atoms with Crippen LogP contribution in [0.3, 0.4) is 0 Å². The normalized spacial score (nSPS) is 19.5. The molecule has 1 aliphatic rings. The number of nitrogens with one attached hydrogen (secondary N) is 1. The van der Waals surface area contributed by atoms with Crippen molar-refractivity contribution in [3.05, 3.63) is 203 Å². The van der Waals surface area contributed by atoms with Crippen molar-refractivity contribution in [2.45, 2.75) is 71.0 Å². The van der Waals surface area contributed by atoms with Crippen LogP contribution in [0.1, 0.15) is 33.4 Å². The lowest BCUT2D eigenvalue weighted by Gasteiger charge is -2.45. The average Bonchev–Trinajstić information content (AvgIpc) is 3.25. The van der Waals surface area contributed by atoms with Crippen molar-refractivity contribution in [1.29, 1.82) is 0 Å². The Bertz CT molecular complexity index is 2080. The molecule has 0 aliphatic carbocycles. The lowest BCUT2D eigenvalue weighted by Crippen LogP contribution is -2.62. The number of hydrogen-bond donors (Lipinski definition) is 1. The number of hydrogen-bond acceptors (Lipinski definition) is 7. The molecule has 6 aromatic carbocycles. The Morgan fingerprint density at radius 1 is 0.509 bits per heavy atom. The monoisotopic (exact) mass is 762 g/mol. The fraction of sp³-hybridized carbons (Fsp3) is 0.245. The van der Waals surface area contributed by atoms with Crippen LogP contribution >= 0.6 is 0 Å². The molecule has 8 heteroatoms. The van der Waals surface area contributed by atoms with Gasteiger partial charge in [0.15, 0.2) is 0 Å². The van der Waals surface area contributed by atoms with Gasteiger partial charge in [-0.15, -0.1) is 0 Å². The molecule has 292 valence electrons. The van der Waals surface area contributed by atoms with Crippen molar-refractivity contribution in [2.75, 3.05) is 11.9 Å². The average molecular weight is 763 g/mol. The van der Waals surface area contributed by atoms with Gasteiger partial charge < -0.3 is 33.7 Å². The summed E-state index contributed by atoms with van der Waals surface area (Å²) in [6.07, 6.45) is -3.61. The van der Waals surface area contributed by atoms with Crippen LogP contribution < -0.4 is 5.32 Å². The first-order chi connectivity index (χ1) is 28.1. The maximum absolute atomic E-state index is 6.95. The molecular weight excluding hydrogens is 713 g/mol.